The number of nitriles is 1. The minimum Gasteiger partial charge on any atom is -0.490 e. The van der Waals surface area contributed by atoms with E-state index in [4.69, 9.17) is 14.7 Å². The summed E-state index contributed by atoms with van der Waals surface area (Å²) < 4.78 is 11.9. The topological polar surface area (TPSA) is 91.6 Å². The smallest absolute Gasteiger partial charge is 0.330 e. The van der Waals surface area contributed by atoms with Crippen molar-refractivity contribution in [2.24, 2.45) is 0 Å². The molecule has 0 amide bonds. The predicted octanol–water partition coefficient (Wildman–Crippen LogP) is 4.87. The van der Waals surface area contributed by atoms with Gasteiger partial charge in [0.25, 0.3) is 0 Å². The maximum absolute atomic E-state index is 12.4. The fraction of sp³-hybridized carbons (Fsp3) is 0.440. The summed E-state index contributed by atoms with van der Waals surface area (Å²) in [6.45, 7) is 5.49. The predicted molar refractivity (Wildman–Crippen MR) is 119 cm³/mol. The van der Waals surface area contributed by atoms with Crippen molar-refractivity contribution in [1.29, 1.82) is 5.26 Å². The first-order valence-corrected chi connectivity index (χ1v) is 10.9. The molecule has 3 rings (SSSR count). The summed E-state index contributed by atoms with van der Waals surface area (Å²) in [6.07, 6.45) is 4.17. The molecule has 31 heavy (non-hydrogen) atoms. The second-order valence-electron chi connectivity index (χ2n) is 7.81. The van der Waals surface area contributed by atoms with E-state index in [1.165, 1.54) is 0 Å². The van der Waals surface area contributed by atoms with Gasteiger partial charge < -0.3 is 19.9 Å². The van der Waals surface area contributed by atoms with Gasteiger partial charge in [-0.3, -0.25) is 0 Å². The third-order valence-electron chi connectivity index (χ3n) is 5.52. The quantitative estimate of drug-likeness (QED) is 0.599. The lowest BCUT2D eigenvalue weighted by Gasteiger charge is -2.28. The number of ether oxygens (including phenoxy) is 2. The van der Waals surface area contributed by atoms with Crippen LogP contribution in [0, 0.1) is 11.3 Å². The van der Waals surface area contributed by atoms with Gasteiger partial charge in [0.15, 0.2) is 6.04 Å². The molecule has 2 aromatic carbocycles. The van der Waals surface area contributed by atoms with Crippen molar-refractivity contribution < 1.29 is 19.4 Å². The van der Waals surface area contributed by atoms with Gasteiger partial charge in [0.1, 0.15) is 11.9 Å². The van der Waals surface area contributed by atoms with E-state index in [9.17, 15) is 9.90 Å². The van der Waals surface area contributed by atoms with Gasteiger partial charge in [0.05, 0.1) is 24.8 Å². The van der Waals surface area contributed by atoms with Crippen molar-refractivity contribution in [3.63, 3.8) is 0 Å². The molecule has 1 saturated heterocycles. The number of aliphatic carboxylic acids is 1. The van der Waals surface area contributed by atoms with Crippen LogP contribution in [-0.4, -0.2) is 30.4 Å². The molecule has 6 heteroatoms. The van der Waals surface area contributed by atoms with Crippen molar-refractivity contribution in [3.8, 4) is 11.8 Å². The average Bonchev–Trinajstić information content (AvgIpc) is 2.79. The highest BCUT2D eigenvalue weighted by Gasteiger charge is 2.28. The second kappa shape index (κ2) is 10.8. The van der Waals surface area contributed by atoms with E-state index >= 15 is 0 Å². The number of nitrogens with one attached hydrogen (secondary N) is 1. The number of benzene rings is 2. The van der Waals surface area contributed by atoms with Crippen LogP contribution in [0.15, 0.2) is 36.4 Å². The zero-order valence-electron chi connectivity index (χ0n) is 18.2. The third-order valence-corrected chi connectivity index (χ3v) is 5.52. The number of hydrogen-bond acceptors (Lipinski definition) is 5. The van der Waals surface area contributed by atoms with Crippen LogP contribution in [-0.2, 0) is 22.4 Å². The minimum atomic E-state index is -0.975. The molecule has 6 nitrogen and oxygen atoms in total. The maximum Gasteiger partial charge on any atom is 0.330 e. The van der Waals surface area contributed by atoms with Gasteiger partial charge in [0.2, 0.25) is 0 Å². The molecule has 0 radical (unpaired) electrons. The zero-order chi connectivity index (χ0) is 22.2. The van der Waals surface area contributed by atoms with Crippen molar-refractivity contribution in [1.82, 2.24) is 0 Å². The monoisotopic (exact) mass is 422 g/mol. The SMILES string of the molecule is CCCc1cc(CC)cc([C@@H](Nc2ccc(C#N)cc2)C(=O)O)c1OC1CCOCC1. The average molecular weight is 423 g/mol. The molecule has 0 aromatic heterocycles. The van der Waals surface area contributed by atoms with Gasteiger partial charge in [-0.1, -0.05) is 26.3 Å². The van der Waals surface area contributed by atoms with Crippen LogP contribution in [0.5, 0.6) is 5.75 Å². The van der Waals surface area contributed by atoms with Gasteiger partial charge >= 0.3 is 5.97 Å². The maximum atomic E-state index is 12.4. The Kier molecular flexibility index (Phi) is 7.91. The van der Waals surface area contributed by atoms with E-state index in [-0.39, 0.29) is 6.10 Å². The molecule has 2 N–H and O–H groups in total. The summed E-state index contributed by atoms with van der Waals surface area (Å²) in [5, 5.41) is 22.3. The largest absolute Gasteiger partial charge is 0.490 e. The first-order valence-electron chi connectivity index (χ1n) is 10.9. The number of rotatable bonds is 9. The number of nitrogens with zero attached hydrogens (tertiary/aromatic N) is 1. The molecule has 1 aliphatic heterocycles. The van der Waals surface area contributed by atoms with Crippen LogP contribution in [0.3, 0.4) is 0 Å². The lowest BCUT2D eigenvalue weighted by molar-refractivity contribution is -0.138. The molecule has 0 spiro atoms. The Bertz CT molecular complexity index is 928. The molecular weight excluding hydrogens is 392 g/mol. The molecule has 164 valence electrons. The number of hydrogen-bond donors (Lipinski definition) is 2. The minimum absolute atomic E-state index is 0.0138. The second-order valence-corrected chi connectivity index (χ2v) is 7.81. The molecule has 1 heterocycles. The van der Waals surface area contributed by atoms with E-state index < -0.39 is 12.0 Å². The normalized spacial score (nSPS) is 15.1. The molecule has 0 aliphatic carbocycles. The molecule has 0 unspecified atom stereocenters. The molecule has 0 bridgehead atoms. The van der Waals surface area contributed by atoms with Crippen molar-refractivity contribution >= 4 is 11.7 Å². The lowest BCUT2D eigenvalue weighted by Crippen LogP contribution is -2.28. The molecule has 0 saturated carbocycles. The van der Waals surface area contributed by atoms with Gasteiger partial charge in [0, 0.05) is 24.1 Å². The first-order chi connectivity index (χ1) is 15.0. The summed E-state index contributed by atoms with van der Waals surface area (Å²) in [7, 11) is 0. The van der Waals surface area contributed by atoms with Gasteiger partial charge in [-0.15, -0.1) is 0 Å². The van der Waals surface area contributed by atoms with E-state index in [1.54, 1.807) is 24.3 Å². The highest BCUT2D eigenvalue weighted by atomic mass is 16.5. The third kappa shape index (κ3) is 5.77. The number of carboxylic acids is 1. The summed E-state index contributed by atoms with van der Waals surface area (Å²) in [4.78, 5) is 12.4. The van der Waals surface area contributed by atoms with Gasteiger partial charge in [-0.25, -0.2) is 4.79 Å². The van der Waals surface area contributed by atoms with E-state index in [2.05, 4.69) is 31.3 Å². The number of carbonyl (C=O) groups is 1. The molecule has 1 aliphatic rings. The Morgan fingerprint density at radius 1 is 1.26 bits per heavy atom. The lowest BCUT2D eigenvalue weighted by atomic mass is 9.94. The number of anilines is 1. The van der Waals surface area contributed by atoms with Crippen LogP contribution in [0.4, 0.5) is 5.69 Å². The molecule has 2 aromatic rings. The Morgan fingerprint density at radius 2 is 1.97 bits per heavy atom. The zero-order valence-corrected chi connectivity index (χ0v) is 18.2. The van der Waals surface area contributed by atoms with E-state index in [0.717, 1.165) is 43.2 Å². The van der Waals surface area contributed by atoms with E-state index in [1.807, 2.05) is 6.07 Å². The Balaban J connectivity index is 2.03. The van der Waals surface area contributed by atoms with Crippen LogP contribution in [0.1, 0.15) is 61.4 Å². The summed E-state index contributed by atoms with van der Waals surface area (Å²) >= 11 is 0. The summed E-state index contributed by atoms with van der Waals surface area (Å²) in [5.41, 5.74) is 3.95. The number of aryl methyl sites for hydroxylation is 2. The van der Waals surface area contributed by atoms with Gasteiger partial charge in [-0.2, -0.15) is 5.26 Å². The summed E-state index contributed by atoms with van der Waals surface area (Å²) in [6, 6.07) is 12.0. The molecular formula is C25H30N2O4. The van der Waals surface area contributed by atoms with Crippen molar-refractivity contribution in [3.05, 3.63) is 58.7 Å². The molecule has 1 fully saturated rings. The highest BCUT2D eigenvalue weighted by Crippen LogP contribution is 2.36. The van der Waals surface area contributed by atoms with Crippen molar-refractivity contribution in [2.45, 2.75) is 58.1 Å². The summed E-state index contributed by atoms with van der Waals surface area (Å²) in [5.74, 6) is -0.295. The fourth-order valence-electron chi connectivity index (χ4n) is 3.84. The number of carboxylic acid groups (broad SMARTS) is 1. The van der Waals surface area contributed by atoms with Gasteiger partial charge in [-0.05, 0) is 54.3 Å². The molecule has 1 atom stereocenters. The Hall–Kier alpha value is -3.04. The van der Waals surface area contributed by atoms with E-state index in [0.29, 0.717) is 35.8 Å². The fourth-order valence-corrected chi connectivity index (χ4v) is 3.84. The standard InChI is InChI=1S/C25H30N2O4/c1-3-5-19-14-17(4-2)15-22(24(19)31-21-10-12-30-13-11-21)23(25(28)29)27-20-8-6-18(16-26)7-9-20/h6-9,14-15,21,23,27H,3-5,10-13H2,1-2H3,(H,28,29)/t23-/m1/s1. The Morgan fingerprint density at radius 3 is 2.55 bits per heavy atom. The van der Waals surface area contributed by atoms with Crippen LogP contribution in [0.25, 0.3) is 0 Å². The van der Waals surface area contributed by atoms with Crippen molar-refractivity contribution in [2.75, 3.05) is 18.5 Å². The Labute approximate surface area is 183 Å². The van der Waals surface area contributed by atoms with Crippen LogP contribution < -0.4 is 10.1 Å². The van der Waals surface area contributed by atoms with Crippen LogP contribution in [0.2, 0.25) is 0 Å². The highest BCUT2D eigenvalue weighted by molar-refractivity contribution is 5.81. The van der Waals surface area contributed by atoms with Crippen LogP contribution >= 0.6 is 0 Å². The first kappa shape index (κ1) is 22.6.